The third kappa shape index (κ3) is 4.46. The van der Waals surface area contributed by atoms with Crippen molar-refractivity contribution in [2.75, 3.05) is 27.3 Å². The van der Waals surface area contributed by atoms with Gasteiger partial charge in [-0.2, -0.15) is 0 Å². The van der Waals surface area contributed by atoms with Crippen molar-refractivity contribution in [3.8, 4) is 11.5 Å². The fraction of sp³-hybridized carbons (Fsp3) is 0.333. The third-order valence-electron chi connectivity index (χ3n) is 5.65. The molecule has 1 unspecified atom stereocenters. The highest BCUT2D eigenvalue weighted by Crippen LogP contribution is 2.44. The molecular formula is C24H27Cl2NO3. The van der Waals surface area contributed by atoms with E-state index in [1.807, 2.05) is 12.1 Å². The van der Waals surface area contributed by atoms with E-state index in [0.29, 0.717) is 16.5 Å². The normalized spacial score (nSPS) is 16.3. The van der Waals surface area contributed by atoms with Crippen LogP contribution in [0.4, 0.5) is 0 Å². The van der Waals surface area contributed by atoms with Gasteiger partial charge in [-0.15, -0.1) is 12.4 Å². The molecule has 2 aromatic carbocycles. The van der Waals surface area contributed by atoms with Crippen molar-refractivity contribution in [1.29, 1.82) is 0 Å². The first-order valence-corrected chi connectivity index (χ1v) is 10.2. The summed E-state index contributed by atoms with van der Waals surface area (Å²) in [6.45, 7) is 4.67. The Morgan fingerprint density at radius 2 is 1.97 bits per heavy atom. The maximum absolute atomic E-state index is 6.82. The molecule has 0 fully saturated rings. The molecule has 0 bridgehead atoms. The summed E-state index contributed by atoms with van der Waals surface area (Å²) in [7, 11) is 3.29. The van der Waals surface area contributed by atoms with Crippen molar-refractivity contribution in [3.05, 3.63) is 81.8 Å². The third-order valence-corrected chi connectivity index (χ3v) is 6.05. The van der Waals surface area contributed by atoms with Gasteiger partial charge in [-0.25, -0.2) is 0 Å². The summed E-state index contributed by atoms with van der Waals surface area (Å²) in [4.78, 5) is 2.43. The molecule has 0 saturated carbocycles. The van der Waals surface area contributed by atoms with Crippen LogP contribution in [0.3, 0.4) is 0 Å². The first-order chi connectivity index (χ1) is 14.1. The van der Waals surface area contributed by atoms with Gasteiger partial charge in [0.1, 0.15) is 5.76 Å². The van der Waals surface area contributed by atoms with Crippen molar-refractivity contribution >= 4 is 24.0 Å². The summed E-state index contributed by atoms with van der Waals surface area (Å²) in [6, 6.07) is 14.8. The smallest absolute Gasteiger partial charge is 0.179 e. The second-order valence-electron chi connectivity index (χ2n) is 7.53. The van der Waals surface area contributed by atoms with E-state index in [1.165, 1.54) is 16.7 Å². The average molecular weight is 448 g/mol. The molecule has 2 heterocycles. The topological polar surface area (TPSA) is 34.8 Å². The molecular weight excluding hydrogens is 421 g/mol. The van der Waals surface area contributed by atoms with E-state index in [4.69, 9.17) is 25.5 Å². The lowest BCUT2D eigenvalue weighted by Crippen LogP contribution is -2.28. The molecule has 6 heteroatoms. The van der Waals surface area contributed by atoms with Gasteiger partial charge in [0, 0.05) is 19.0 Å². The van der Waals surface area contributed by atoms with Crippen LogP contribution in [-0.4, -0.2) is 32.2 Å². The van der Waals surface area contributed by atoms with E-state index >= 15 is 0 Å². The number of hydrogen-bond acceptors (Lipinski definition) is 4. The van der Waals surface area contributed by atoms with E-state index in [2.05, 4.69) is 42.2 Å². The van der Waals surface area contributed by atoms with Crippen molar-refractivity contribution in [2.24, 2.45) is 0 Å². The zero-order valence-corrected chi connectivity index (χ0v) is 19.1. The summed E-state index contributed by atoms with van der Waals surface area (Å²) in [5, 5.41) is 0.652. The average Bonchev–Trinajstić information content (AvgIpc) is 3.16. The first kappa shape index (κ1) is 22.5. The number of hydrogen-bond donors (Lipinski definition) is 0. The Hall–Kier alpha value is -2.14. The van der Waals surface area contributed by atoms with Crippen LogP contribution in [0, 0.1) is 6.92 Å². The van der Waals surface area contributed by atoms with Crippen LogP contribution in [-0.2, 0) is 13.0 Å². The number of rotatable bonds is 5. The molecule has 30 heavy (non-hydrogen) atoms. The molecule has 1 aliphatic rings. The largest absolute Gasteiger partial charge is 0.493 e. The minimum Gasteiger partial charge on any atom is -0.493 e. The molecule has 3 aromatic rings. The van der Waals surface area contributed by atoms with Crippen molar-refractivity contribution in [1.82, 2.24) is 4.90 Å². The van der Waals surface area contributed by atoms with E-state index in [0.717, 1.165) is 37.4 Å². The lowest BCUT2D eigenvalue weighted by atomic mass is 9.87. The van der Waals surface area contributed by atoms with Crippen molar-refractivity contribution < 1.29 is 13.9 Å². The Morgan fingerprint density at radius 3 is 2.63 bits per heavy atom. The Bertz CT molecular complexity index is 988. The molecule has 0 saturated heterocycles. The Balaban J connectivity index is 0.00000256. The molecule has 4 nitrogen and oxygen atoms in total. The second-order valence-corrected chi connectivity index (χ2v) is 7.90. The number of halogens is 2. The standard InChI is InChI=1S/C24H26ClNO3.ClH/c1-16-6-4-7-17(12-16)21-15-26(14-18-8-5-11-29-18)10-9-19-20(21)13-22(27-2)24(28-3)23(19)25;/h4-8,11-13,21H,9-10,14-15H2,1-3H3;1H. The quantitative estimate of drug-likeness (QED) is 0.489. The predicted molar refractivity (Wildman–Crippen MR) is 123 cm³/mol. The maximum Gasteiger partial charge on any atom is 0.179 e. The molecule has 160 valence electrons. The second kappa shape index (κ2) is 9.78. The molecule has 1 aromatic heterocycles. The minimum absolute atomic E-state index is 0. The first-order valence-electron chi connectivity index (χ1n) is 9.85. The lowest BCUT2D eigenvalue weighted by molar-refractivity contribution is 0.246. The molecule has 1 atom stereocenters. The van der Waals surface area contributed by atoms with Crippen LogP contribution in [0.25, 0.3) is 0 Å². The van der Waals surface area contributed by atoms with Crippen LogP contribution in [0.1, 0.15) is 33.9 Å². The monoisotopic (exact) mass is 447 g/mol. The van der Waals surface area contributed by atoms with Crippen molar-refractivity contribution in [2.45, 2.75) is 25.8 Å². The summed E-state index contributed by atoms with van der Waals surface area (Å²) >= 11 is 6.82. The number of methoxy groups -OCH3 is 2. The zero-order valence-electron chi connectivity index (χ0n) is 17.5. The van der Waals surface area contributed by atoms with E-state index in [1.54, 1.807) is 20.5 Å². The summed E-state index contributed by atoms with van der Waals surface area (Å²) < 4.78 is 16.8. The number of fused-ring (bicyclic) bond motifs is 1. The number of ether oxygens (including phenoxy) is 2. The van der Waals surface area contributed by atoms with Crippen LogP contribution in [0.5, 0.6) is 11.5 Å². The molecule has 0 aliphatic carbocycles. The molecule has 4 rings (SSSR count). The Morgan fingerprint density at radius 1 is 1.13 bits per heavy atom. The Labute approximate surface area is 189 Å². The molecule has 0 radical (unpaired) electrons. The Kier molecular flexibility index (Phi) is 7.35. The zero-order chi connectivity index (χ0) is 20.4. The number of nitrogens with zero attached hydrogens (tertiary/aromatic N) is 1. The summed E-state index contributed by atoms with van der Waals surface area (Å²) in [6.07, 6.45) is 2.57. The number of aryl methyl sites for hydroxylation is 1. The van der Waals surface area contributed by atoms with Crippen LogP contribution in [0.15, 0.2) is 53.1 Å². The summed E-state index contributed by atoms with van der Waals surface area (Å²) in [5.41, 5.74) is 4.87. The molecule has 1 aliphatic heterocycles. The maximum atomic E-state index is 6.82. The predicted octanol–water partition coefficient (Wildman–Crippen LogP) is 5.87. The highest BCUT2D eigenvalue weighted by molar-refractivity contribution is 6.33. The molecule has 0 amide bonds. The van der Waals surface area contributed by atoms with Gasteiger partial charge in [-0.3, -0.25) is 4.90 Å². The van der Waals surface area contributed by atoms with Gasteiger partial charge in [0.2, 0.25) is 0 Å². The van der Waals surface area contributed by atoms with Gasteiger partial charge in [0.25, 0.3) is 0 Å². The minimum atomic E-state index is 0. The summed E-state index contributed by atoms with van der Waals surface area (Å²) in [5.74, 6) is 2.43. The van der Waals surface area contributed by atoms with Crippen LogP contribution >= 0.6 is 24.0 Å². The fourth-order valence-electron chi connectivity index (χ4n) is 4.23. The van der Waals surface area contributed by atoms with E-state index in [9.17, 15) is 0 Å². The molecule has 0 spiro atoms. The number of benzene rings is 2. The van der Waals surface area contributed by atoms with Gasteiger partial charge in [-0.05, 0) is 48.2 Å². The fourth-order valence-corrected chi connectivity index (χ4v) is 4.60. The molecule has 0 N–H and O–H groups in total. The highest BCUT2D eigenvalue weighted by atomic mass is 35.5. The number of furan rings is 1. The van der Waals surface area contributed by atoms with Gasteiger partial charge < -0.3 is 13.9 Å². The van der Waals surface area contributed by atoms with Crippen LogP contribution in [0.2, 0.25) is 5.02 Å². The highest BCUT2D eigenvalue weighted by Gasteiger charge is 2.29. The SMILES string of the molecule is COc1cc2c(c(Cl)c1OC)CCN(Cc1ccco1)CC2c1cccc(C)c1.Cl. The van der Waals surface area contributed by atoms with Gasteiger partial charge in [0.05, 0.1) is 32.1 Å². The van der Waals surface area contributed by atoms with Crippen molar-refractivity contribution in [3.63, 3.8) is 0 Å². The van der Waals surface area contributed by atoms with Gasteiger partial charge in [0.15, 0.2) is 11.5 Å². The van der Waals surface area contributed by atoms with E-state index in [-0.39, 0.29) is 18.3 Å². The lowest BCUT2D eigenvalue weighted by Gasteiger charge is -2.25. The van der Waals surface area contributed by atoms with Gasteiger partial charge >= 0.3 is 0 Å². The van der Waals surface area contributed by atoms with E-state index < -0.39 is 0 Å². The van der Waals surface area contributed by atoms with Gasteiger partial charge in [-0.1, -0.05) is 41.4 Å². The van der Waals surface area contributed by atoms with Crippen LogP contribution < -0.4 is 9.47 Å².